The van der Waals surface area contributed by atoms with Gasteiger partial charge in [0.25, 0.3) is 0 Å². The fourth-order valence-corrected chi connectivity index (χ4v) is 4.00. The Kier molecular flexibility index (Phi) is 3.02. The van der Waals surface area contributed by atoms with Crippen LogP contribution in [0, 0.1) is 0 Å². The molecule has 0 atom stereocenters. The van der Waals surface area contributed by atoms with E-state index in [1.54, 1.807) is 0 Å². The summed E-state index contributed by atoms with van der Waals surface area (Å²) in [6, 6.07) is 3.86. The van der Waals surface area contributed by atoms with Crippen molar-refractivity contribution in [3.63, 3.8) is 0 Å². The normalized spacial score (nSPS) is 19.8. The van der Waals surface area contributed by atoms with Gasteiger partial charge in [-0.05, 0) is 30.5 Å². The molecule has 1 fully saturated rings. The highest BCUT2D eigenvalue weighted by Crippen LogP contribution is 2.28. The monoisotopic (exact) mass is 280 g/mol. The highest BCUT2D eigenvalue weighted by Gasteiger charge is 2.27. The van der Waals surface area contributed by atoms with E-state index in [1.165, 1.54) is 0 Å². The Labute approximate surface area is 111 Å². The van der Waals surface area contributed by atoms with E-state index in [9.17, 15) is 8.42 Å². The lowest BCUT2D eigenvalue weighted by Crippen LogP contribution is -2.23. The minimum Gasteiger partial charge on any atom is -0.326 e. The predicted octanol–water partition coefficient (Wildman–Crippen LogP) is 0.480. The molecule has 0 spiro atoms. The molecule has 0 saturated carbocycles. The molecular formula is C12H16N4O2S. The molecule has 2 N–H and O–H groups in total. The number of nitrogens with two attached hydrogens (primary N) is 1. The van der Waals surface area contributed by atoms with Crippen LogP contribution in [-0.2, 0) is 16.4 Å². The van der Waals surface area contributed by atoms with Gasteiger partial charge in [0.1, 0.15) is 15.7 Å². The molecule has 3 rings (SSSR count). The number of pyridine rings is 1. The fraction of sp³-hybridized carbons (Fsp3) is 0.500. The Bertz CT molecular complexity index is 694. The zero-order valence-corrected chi connectivity index (χ0v) is 11.3. The molecular weight excluding hydrogens is 264 g/mol. The van der Waals surface area contributed by atoms with Gasteiger partial charge in [-0.3, -0.25) is 4.40 Å². The van der Waals surface area contributed by atoms with Gasteiger partial charge in [-0.1, -0.05) is 0 Å². The topological polar surface area (TPSA) is 90.3 Å². The van der Waals surface area contributed by atoms with Gasteiger partial charge in [0, 0.05) is 18.7 Å². The van der Waals surface area contributed by atoms with E-state index in [0.717, 1.165) is 17.0 Å². The zero-order valence-electron chi connectivity index (χ0n) is 10.5. The molecule has 19 heavy (non-hydrogen) atoms. The summed E-state index contributed by atoms with van der Waals surface area (Å²) in [6.45, 7) is 0.473. The molecule has 0 aromatic carbocycles. The largest absolute Gasteiger partial charge is 0.326 e. The van der Waals surface area contributed by atoms with Crippen molar-refractivity contribution in [2.24, 2.45) is 5.73 Å². The molecule has 2 aromatic rings. The summed E-state index contributed by atoms with van der Waals surface area (Å²) in [4.78, 5) is 0. The summed E-state index contributed by atoms with van der Waals surface area (Å²) in [6.07, 6.45) is 3.17. The predicted molar refractivity (Wildman–Crippen MR) is 71.5 cm³/mol. The van der Waals surface area contributed by atoms with E-state index in [0.29, 0.717) is 19.4 Å². The molecule has 1 aliphatic heterocycles. The molecule has 1 saturated heterocycles. The van der Waals surface area contributed by atoms with Crippen molar-refractivity contribution in [1.82, 2.24) is 14.6 Å². The van der Waals surface area contributed by atoms with Crippen LogP contribution in [0.2, 0.25) is 0 Å². The van der Waals surface area contributed by atoms with Gasteiger partial charge in [-0.15, -0.1) is 10.2 Å². The maximum Gasteiger partial charge on any atom is 0.161 e. The molecule has 0 radical (unpaired) electrons. The first-order chi connectivity index (χ1) is 9.09. The molecule has 1 aliphatic rings. The molecule has 7 heteroatoms. The number of nitrogens with zero attached hydrogens (tertiary/aromatic N) is 3. The Balaban J connectivity index is 1.93. The third-order valence-corrected chi connectivity index (χ3v) is 5.37. The molecule has 3 heterocycles. The maximum absolute atomic E-state index is 11.5. The van der Waals surface area contributed by atoms with Gasteiger partial charge >= 0.3 is 0 Å². The Morgan fingerprint density at radius 1 is 1.32 bits per heavy atom. The van der Waals surface area contributed by atoms with Crippen LogP contribution in [-0.4, -0.2) is 34.5 Å². The number of hydrogen-bond donors (Lipinski definition) is 1. The Hall–Kier alpha value is -1.47. The molecule has 0 bridgehead atoms. The van der Waals surface area contributed by atoms with Gasteiger partial charge in [0.2, 0.25) is 0 Å². The number of hydrogen-bond acceptors (Lipinski definition) is 5. The van der Waals surface area contributed by atoms with Crippen molar-refractivity contribution >= 4 is 15.5 Å². The summed E-state index contributed by atoms with van der Waals surface area (Å²) in [5.41, 5.74) is 7.38. The van der Waals surface area contributed by atoms with Crippen molar-refractivity contribution in [2.45, 2.75) is 25.3 Å². The van der Waals surface area contributed by atoms with Gasteiger partial charge < -0.3 is 5.73 Å². The Morgan fingerprint density at radius 2 is 2.05 bits per heavy atom. The quantitative estimate of drug-likeness (QED) is 0.864. The lowest BCUT2D eigenvalue weighted by Gasteiger charge is -2.20. The first-order valence-corrected chi connectivity index (χ1v) is 8.15. The summed E-state index contributed by atoms with van der Waals surface area (Å²) in [5, 5.41) is 8.37. The van der Waals surface area contributed by atoms with Crippen LogP contribution >= 0.6 is 0 Å². The number of aromatic nitrogens is 3. The van der Waals surface area contributed by atoms with E-state index in [4.69, 9.17) is 5.73 Å². The SMILES string of the molecule is NCc1ccn2c(C3CCS(=O)(=O)CC3)nnc2c1. The minimum atomic E-state index is -2.84. The number of fused-ring (bicyclic) bond motifs is 1. The summed E-state index contributed by atoms with van der Waals surface area (Å²) in [5.74, 6) is 1.51. The van der Waals surface area contributed by atoms with Crippen molar-refractivity contribution < 1.29 is 8.42 Å². The average Bonchev–Trinajstić information content (AvgIpc) is 2.81. The van der Waals surface area contributed by atoms with E-state index < -0.39 is 9.84 Å². The second kappa shape index (κ2) is 4.57. The van der Waals surface area contributed by atoms with Crippen molar-refractivity contribution in [2.75, 3.05) is 11.5 Å². The zero-order chi connectivity index (χ0) is 13.5. The third kappa shape index (κ3) is 2.35. The van der Waals surface area contributed by atoms with E-state index in [2.05, 4.69) is 10.2 Å². The average molecular weight is 280 g/mol. The van der Waals surface area contributed by atoms with Crippen LogP contribution in [0.25, 0.3) is 5.65 Å². The summed E-state index contributed by atoms with van der Waals surface area (Å²) >= 11 is 0. The molecule has 6 nitrogen and oxygen atoms in total. The van der Waals surface area contributed by atoms with Gasteiger partial charge in [-0.25, -0.2) is 8.42 Å². The molecule has 102 valence electrons. The summed E-state index contributed by atoms with van der Waals surface area (Å²) < 4.78 is 24.8. The molecule has 0 aliphatic carbocycles. The molecule has 2 aromatic heterocycles. The van der Waals surface area contributed by atoms with Crippen molar-refractivity contribution in [3.8, 4) is 0 Å². The second-order valence-corrected chi connectivity index (χ2v) is 7.26. The lowest BCUT2D eigenvalue weighted by atomic mass is 10.0. The van der Waals surface area contributed by atoms with Gasteiger partial charge in [-0.2, -0.15) is 0 Å². The Morgan fingerprint density at radius 3 is 2.74 bits per heavy atom. The molecule has 0 amide bonds. The number of rotatable bonds is 2. The number of sulfone groups is 1. The lowest BCUT2D eigenvalue weighted by molar-refractivity contribution is 0.534. The first-order valence-electron chi connectivity index (χ1n) is 6.33. The smallest absolute Gasteiger partial charge is 0.161 e. The van der Waals surface area contributed by atoms with Crippen molar-refractivity contribution in [1.29, 1.82) is 0 Å². The van der Waals surface area contributed by atoms with Crippen LogP contribution in [0.3, 0.4) is 0 Å². The van der Waals surface area contributed by atoms with Crippen LogP contribution in [0.1, 0.15) is 30.1 Å². The fourth-order valence-electron chi connectivity index (χ4n) is 2.51. The van der Waals surface area contributed by atoms with E-state index in [1.807, 2.05) is 22.7 Å². The first kappa shape index (κ1) is 12.6. The highest BCUT2D eigenvalue weighted by molar-refractivity contribution is 7.91. The standard InChI is InChI=1S/C12H16N4O2S/c13-8-9-1-4-16-11(7-9)14-15-12(16)10-2-5-19(17,18)6-3-10/h1,4,7,10H,2-3,5-6,8,13H2. The van der Waals surface area contributed by atoms with Gasteiger partial charge in [0.15, 0.2) is 5.65 Å². The van der Waals surface area contributed by atoms with Gasteiger partial charge in [0.05, 0.1) is 11.5 Å². The van der Waals surface area contributed by atoms with E-state index >= 15 is 0 Å². The summed E-state index contributed by atoms with van der Waals surface area (Å²) in [7, 11) is -2.84. The minimum absolute atomic E-state index is 0.169. The van der Waals surface area contributed by atoms with Crippen LogP contribution in [0.4, 0.5) is 0 Å². The van der Waals surface area contributed by atoms with Crippen molar-refractivity contribution in [3.05, 3.63) is 29.7 Å². The van der Waals surface area contributed by atoms with Crippen LogP contribution in [0.15, 0.2) is 18.3 Å². The molecule has 0 unspecified atom stereocenters. The highest BCUT2D eigenvalue weighted by atomic mass is 32.2. The third-order valence-electron chi connectivity index (χ3n) is 3.66. The van der Waals surface area contributed by atoms with E-state index in [-0.39, 0.29) is 17.4 Å². The van der Waals surface area contributed by atoms with Crippen LogP contribution < -0.4 is 5.73 Å². The second-order valence-electron chi connectivity index (χ2n) is 4.95. The van der Waals surface area contributed by atoms with Crippen LogP contribution in [0.5, 0.6) is 0 Å². The maximum atomic E-state index is 11.5.